The van der Waals surface area contributed by atoms with Crippen molar-refractivity contribution in [2.75, 3.05) is 44.7 Å². The second-order valence-corrected chi connectivity index (χ2v) is 12.2. The number of rotatable bonds is 5. The first-order chi connectivity index (χ1) is 25.2. The third-order valence-corrected chi connectivity index (χ3v) is 9.12. The quantitative estimate of drug-likeness (QED) is 0.167. The van der Waals surface area contributed by atoms with Gasteiger partial charge in [-0.15, -0.1) is 0 Å². The topological polar surface area (TPSA) is 180 Å². The van der Waals surface area contributed by atoms with Crippen LogP contribution >= 0.6 is 0 Å². The number of benzene rings is 3. The fourth-order valence-corrected chi connectivity index (χ4v) is 6.77. The van der Waals surface area contributed by atoms with Gasteiger partial charge in [-0.2, -0.15) is 5.26 Å². The van der Waals surface area contributed by atoms with Gasteiger partial charge in [0.25, 0.3) is 12.9 Å². The number of ether oxygens (including phenoxy) is 1. The number of amides is 1. The van der Waals surface area contributed by atoms with E-state index in [1.165, 1.54) is 23.3 Å². The minimum absolute atomic E-state index is 0.0937. The molecule has 0 saturated carbocycles. The van der Waals surface area contributed by atoms with Crippen molar-refractivity contribution >= 4 is 46.3 Å². The number of aromatic amines is 1. The van der Waals surface area contributed by atoms with Crippen molar-refractivity contribution in [3.63, 3.8) is 0 Å². The molecule has 0 spiro atoms. The van der Waals surface area contributed by atoms with Crippen LogP contribution in [0.3, 0.4) is 0 Å². The average Bonchev–Trinajstić information content (AvgIpc) is 3.15. The van der Waals surface area contributed by atoms with Crippen LogP contribution in [0.4, 0.5) is 5.69 Å². The lowest BCUT2D eigenvalue weighted by atomic mass is 9.90. The van der Waals surface area contributed by atoms with Gasteiger partial charge in [0, 0.05) is 61.7 Å². The number of nitriles is 1. The molecule has 7 rings (SSSR count). The zero-order valence-electron chi connectivity index (χ0n) is 28.8. The number of carboxylic acid groups (broad SMARTS) is 2. The Morgan fingerprint density at radius 1 is 0.981 bits per heavy atom. The van der Waals surface area contributed by atoms with Gasteiger partial charge in [0.15, 0.2) is 5.75 Å². The van der Waals surface area contributed by atoms with Gasteiger partial charge in [0.05, 0.1) is 16.9 Å². The second kappa shape index (κ2) is 16.5. The Kier molecular flexibility index (Phi) is 11.6. The fraction of sp³-hybridized carbons (Fsp3) is 0.231. The van der Waals surface area contributed by atoms with Gasteiger partial charge in [0.2, 0.25) is 11.5 Å². The Morgan fingerprint density at radius 3 is 2.38 bits per heavy atom. The number of hydrogen-bond donors (Lipinski definition) is 3. The highest BCUT2D eigenvalue weighted by Crippen LogP contribution is 2.43. The molecule has 2 aromatic heterocycles. The molecule has 13 nitrogen and oxygen atoms in total. The molecule has 1 fully saturated rings. The number of H-pyrrole nitrogens is 1. The van der Waals surface area contributed by atoms with Crippen molar-refractivity contribution in [3.05, 3.63) is 106 Å². The number of likely N-dealkylation sites (N-methyl/N-ethyl adjacent to an activating group) is 1. The van der Waals surface area contributed by atoms with E-state index in [-0.39, 0.29) is 24.4 Å². The maximum absolute atomic E-state index is 12.4. The number of nitrogens with zero attached hydrogens (tertiary/aromatic N) is 5. The van der Waals surface area contributed by atoms with Crippen molar-refractivity contribution in [1.82, 2.24) is 19.8 Å². The van der Waals surface area contributed by atoms with Crippen LogP contribution in [0.5, 0.6) is 11.5 Å². The van der Waals surface area contributed by atoms with Gasteiger partial charge >= 0.3 is 0 Å². The summed E-state index contributed by atoms with van der Waals surface area (Å²) in [6.07, 6.45) is 2.20. The van der Waals surface area contributed by atoms with Crippen LogP contribution in [0.15, 0.2) is 78.1 Å². The van der Waals surface area contributed by atoms with Crippen molar-refractivity contribution in [2.24, 2.45) is 0 Å². The summed E-state index contributed by atoms with van der Waals surface area (Å²) in [6, 6.07) is 21.7. The zero-order chi connectivity index (χ0) is 37.4. The summed E-state index contributed by atoms with van der Waals surface area (Å²) in [5.41, 5.74) is 7.40. The van der Waals surface area contributed by atoms with Crippen molar-refractivity contribution in [3.8, 4) is 28.8 Å². The molecule has 4 heterocycles. The SMILES string of the molecule is C=CC(=O)N1CCN(c2c(C#N)c(-c3cccc4c3CCN(C)C4)nc3c(Oc4c(C)ccc5[nH]c(=O)ccc45)cccc23)CC1.O=CO.O=CO. The normalized spacial score (nSPS) is 13.8. The second-order valence-electron chi connectivity index (χ2n) is 12.2. The first kappa shape index (κ1) is 36.8. The third-order valence-electron chi connectivity index (χ3n) is 9.12. The van der Waals surface area contributed by atoms with Crippen LogP contribution in [-0.2, 0) is 27.3 Å². The molecule has 0 unspecified atom stereocenters. The van der Waals surface area contributed by atoms with Crippen LogP contribution in [0, 0.1) is 18.3 Å². The summed E-state index contributed by atoms with van der Waals surface area (Å²) in [7, 11) is 2.12. The first-order valence-corrected chi connectivity index (χ1v) is 16.5. The molecule has 0 atom stereocenters. The molecule has 52 heavy (non-hydrogen) atoms. The van der Waals surface area contributed by atoms with Gasteiger partial charge in [0.1, 0.15) is 22.9 Å². The Labute approximate surface area is 299 Å². The summed E-state index contributed by atoms with van der Waals surface area (Å²) in [6.45, 7) is 9.04. The van der Waals surface area contributed by atoms with E-state index in [0.29, 0.717) is 60.0 Å². The number of nitrogens with one attached hydrogen (secondary N) is 1. The summed E-state index contributed by atoms with van der Waals surface area (Å²) in [5.74, 6) is 1.09. The van der Waals surface area contributed by atoms with E-state index < -0.39 is 0 Å². The summed E-state index contributed by atoms with van der Waals surface area (Å²) in [5, 5.41) is 26.2. The largest absolute Gasteiger partial charge is 0.483 e. The van der Waals surface area contributed by atoms with Gasteiger partial charge in [-0.3, -0.25) is 19.2 Å². The number of piperazine rings is 1. The molecule has 1 saturated heterocycles. The number of hydrogen-bond acceptors (Lipinski definition) is 9. The van der Waals surface area contributed by atoms with Gasteiger partial charge in [-0.25, -0.2) is 4.98 Å². The predicted molar refractivity (Wildman–Crippen MR) is 198 cm³/mol. The van der Waals surface area contributed by atoms with Crippen LogP contribution in [0.25, 0.3) is 33.1 Å². The van der Waals surface area contributed by atoms with E-state index in [1.807, 2.05) is 43.3 Å². The molecule has 266 valence electrons. The molecule has 13 heteroatoms. The highest BCUT2D eigenvalue weighted by atomic mass is 16.5. The van der Waals surface area contributed by atoms with Gasteiger partial charge in [-0.1, -0.05) is 43.0 Å². The van der Waals surface area contributed by atoms with Crippen LogP contribution in [0.2, 0.25) is 0 Å². The number of carbonyl (C=O) groups excluding carboxylic acids is 1. The standard InChI is InChI=1S/C37H34N6O3.2CH2O2/c1-4-33(45)42-17-19-43(20-18-42)36-28-9-6-10-31(46-37-23(2)11-13-30-27(37)12-14-32(44)39-30)35(28)40-34(29(36)21-38)26-8-5-7-24-22-41(3)16-15-25(24)26;2*2-1-3/h4-14H,1,15-20,22H2,2-3H3,(H,39,44);2*1H,(H,2,3). The monoisotopic (exact) mass is 702 g/mol. The Balaban J connectivity index is 0.000000817. The molecule has 3 aromatic carbocycles. The summed E-state index contributed by atoms with van der Waals surface area (Å²) in [4.78, 5) is 55.6. The molecule has 2 aliphatic heterocycles. The van der Waals surface area contributed by atoms with Crippen molar-refractivity contribution in [1.29, 1.82) is 5.26 Å². The lowest BCUT2D eigenvalue weighted by Gasteiger charge is -2.37. The molecule has 3 N–H and O–H groups in total. The fourth-order valence-electron chi connectivity index (χ4n) is 6.77. The van der Waals surface area contributed by atoms with Crippen molar-refractivity contribution < 1.29 is 29.3 Å². The highest BCUT2D eigenvalue weighted by Gasteiger charge is 2.28. The molecular formula is C39H38N6O7. The number of carbonyl (C=O) groups is 3. The average molecular weight is 703 g/mol. The van der Waals surface area contributed by atoms with Gasteiger partial charge in [-0.05, 0) is 61.4 Å². The minimum atomic E-state index is -0.250. The lowest BCUT2D eigenvalue weighted by molar-refractivity contribution is -0.126. The van der Waals surface area contributed by atoms with E-state index in [9.17, 15) is 14.9 Å². The Hall–Kier alpha value is -6.52. The molecule has 5 aromatic rings. The lowest BCUT2D eigenvalue weighted by Crippen LogP contribution is -2.48. The van der Waals surface area contributed by atoms with E-state index >= 15 is 0 Å². The van der Waals surface area contributed by atoms with E-state index in [1.54, 1.807) is 11.0 Å². The highest BCUT2D eigenvalue weighted by molar-refractivity contribution is 6.02. The van der Waals surface area contributed by atoms with E-state index in [0.717, 1.165) is 47.1 Å². The minimum Gasteiger partial charge on any atom is -0.483 e. The molecule has 0 radical (unpaired) electrons. The number of pyridine rings is 2. The van der Waals surface area contributed by atoms with Crippen LogP contribution < -0.4 is 15.2 Å². The maximum atomic E-state index is 12.4. The number of aromatic nitrogens is 2. The predicted octanol–water partition coefficient (Wildman–Crippen LogP) is 4.94. The third kappa shape index (κ3) is 7.47. The Morgan fingerprint density at radius 2 is 1.69 bits per heavy atom. The molecule has 0 aliphatic carbocycles. The summed E-state index contributed by atoms with van der Waals surface area (Å²) < 4.78 is 6.72. The molecule has 2 aliphatic rings. The number of fused-ring (bicyclic) bond motifs is 3. The van der Waals surface area contributed by atoms with Gasteiger partial charge < -0.3 is 34.6 Å². The van der Waals surface area contributed by atoms with Crippen molar-refractivity contribution in [2.45, 2.75) is 19.9 Å². The van der Waals surface area contributed by atoms with E-state index in [2.05, 4.69) is 46.6 Å². The molecular weight excluding hydrogens is 664 g/mol. The smallest absolute Gasteiger partial charge is 0.290 e. The van der Waals surface area contributed by atoms with Crippen LogP contribution in [0.1, 0.15) is 22.3 Å². The zero-order valence-corrected chi connectivity index (χ0v) is 28.8. The van der Waals surface area contributed by atoms with E-state index in [4.69, 9.17) is 29.5 Å². The van der Waals surface area contributed by atoms with Crippen LogP contribution in [-0.4, -0.2) is 88.6 Å². The number of anilines is 1. The Bertz CT molecular complexity index is 2250. The molecule has 1 amide bonds. The maximum Gasteiger partial charge on any atom is 0.290 e. The summed E-state index contributed by atoms with van der Waals surface area (Å²) >= 11 is 0. The number of aryl methyl sites for hydroxylation is 1. The molecule has 0 bridgehead atoms. The first-order valence-electron chi connectivity index (χ1n) is 16.5. The number of para-hydroxylation sites is 1.